The quantitative estimate of drug-likeness (QED) is 0.402. The summed E-state index contributed by atoms with van der Waals surface area (Å²) in [6.07, 6.45) is -4.46. The highest BCUT2D eigenvalue weighted by Crippen LogP contribution is 2.32. The standard InChI is InChI=1S/C24H23F3N4O2S/c1-15(2)13-30-22(20-11-17-7-3-4-9-19(17)34-20)29-31(23(30)33)14-21(32)28-12-16-6-5-8-18(10-16)24(25,26)27/h3-11,15H,12-14H2,1-2H3,(H,28,32). The molecule has 0 spiro atoms. The van der Waals surface area contributed by atoms with E-state index < -0.39 is 23.3 Å². The third-order valence-corrected chi connectivity index (χ3v) is 6.27. The SMILES string of the molecule is CC(C)Cn1c(-c2cc3ccccc3s2)nn(CC(=O)NCc2cccc(C(F)(F)F)c2)c1=O. The van der Waals surface area contributed by atoms with E-state index in [2.05, 4.69) is 10.4 Å². The molecule has 1 amide bonds. The summed E-state index contributed by atoms with van der Waals surface area (Å²) in [4.78, 5) is 26.4. The van der Waals surface area contributed by atoms with E-state index in [9.17, 15) is 22.8 Å². The van der Waals surface area contributed by atoms with Gasteiger partial charge in [-0.05, 0) is 41.1 Å². The van der Waals surface area contributed by atoms with Crippen molar-refractivity contribution in [1.82, 2.24) is 19.7 Å². The zero-order chi connectivity index (χ0) is 24.5. The minimum Gasteiger partial charge on any atom is -0.350 e. The van der Waals surface area contributed by atoms with E-state index in [1.807, 2.05) is 44.2 Å². The second-order valence-electron chi connectivity index (χ2n) is 8.39. The number of halogens is 3. The van der Waals surface area contributed by atoms with Gasteiger partial charge in [0.1, 0.15) is 6.54 Å². The normalized spacial score (nSPS) is 11.9. The van der Waals surface area contributed by atoms with E-state index in [-0.39, 0.29) is 19.0 Å². The fraction of sp³-hybridized carbons (Fsp3) is 0.292. The lowest BCUT2D eigenvalue weighted by Crippen LogP contribution is -2.34. The molecule has 0 atom stereocenters. The molecule has 6 nitrogen and oxygen atoms in total. The molecule has 34 heavy (non-hydrogen) atoms. The van der Waals surface area contributed by atoms with Gasteiger partial charge in [0.05, 0.1) is 10.4 Å². The molecule has 0 saturated carbocycles. The maximum Gasteiger partial charge on any atom is 0.416 e. The molecule has 4 aromatic rings. The first-order valence-corrected chi connectivity index (χ1v) is 11.5. The van der Waals surface area contributed by atoms with Gasteiger partial charge in [-0.25, -0.2) is 9.48 Å². The Hall–Kier alpha value is -3.40. The van der Waals surface area contributed by atoms with Crippen LogP contribution in [-0.2, 0) is 30.6 Å². The van der Waals surface area contributed by atoms with Crippen LogP contribution in [-0.4, -0.2) is 20.3 Å². The van der Waals surface area contributed by atoms with Crippen molar-refractivity contribution in [2.75, 3.05) is 0 Å². The van der Waals surface area contributed by atoms with Crippen LogP contribution in [0.15, 0.2) is 59.4 Å². The summed E-state index contributed by atoms with van der Waals surface area (Å²) in [5, 5.41) is 8.05. The van der Waals surface area contributed by atoms with E-state index in [1.165, 1.54) is 23.5 Å². The van der Waals surface area contributed by atoms with Crippen LogP contribution >= 0.6 is 11.3 Å². The van der Waals surface area contributed by atoms with Gasteiger partial charge in [0.15, 0.2) is 5.82 Å². The van der Waals surface area contributed by atoms with Gasteiger partial charge in [-0.1, -0.05) is 44.2 Å². The minimum atomic E-state index is -4.46. The Balaban J connectivity index is 1.55. The lowest BCUT2D eigenvalue weighted by Gasteiger charge is -2.09. The molecule has 0 fully saturated rings. The maximum absolute atomic E-state index is 13.0. The van der Waals surface area contributed by atoms with Crippen molar-refractivity contribution in [3.63, 3.8) is 0 Å². The van der Waals surface area contributed by atoms with Gasteiger partial charge >= 0.3 is 11.9 Å². The van der Waals surface area contributed by atoms with E-state index in [0.29, 0.717) is 17.9 Å². The van der Waals surface area contributed by atoms with Gasteiger partial charge in [-0.15, -0.1) is 16.4 Å². The molecular weight excluding hydrogens is 465 g/mol. The number of alkyl halides is 3. The van der Waals surface area contributed by atoms with Crippen LogP contribution in [0.25, 0.3) is 20.8 Å². The number of benzene rings is 2. The average Bonchev–Trinajstić information content (AvgIpc) is 3.34. The number of carbonyl (C=O) groups is 1. The molecule has 1 N–H and O–H groups in total. The number of aromatic nitrogens is 3. The fourth-order valence-corrected chi connectivity index (χ4v) is 4.65. The van der Waals surface area contributed by atoms with Crippen LogP contribution in [0.4, 0.5) is 13.2 Å². The van der Waals surface area contributed by atoms with Gasteiger partial charge in [-0.2, -0.15) is 13.2 Å². The first kappa shape index (κ1) is 23.7. The Morgan fingerprint density at radius 3 is 2.59 bits per heavy atom. The molecule has 0 aliphatic rings. The molecule has 2 heterocycles. The van der Waals surface area contributed by atoms with E-state index >= 15 is 0 Å². The van der Waals surface area contributed by atoms with Crippen molar-refractivity contribution in [3.8, 4) is 10.7 Å². The lowest BCUT2D eigenvalue weighted by atomic mass is 10.1. The Morgan fingerprint density at radius 1 is 1.12 bits per heavy atom. The van der Waals surface area contributed by atoms with E-state index in [1.54, 1.807) is 4.57 Å². The molecular formula is C24H23F3N4O2S. The van der Waals surface area contributed by atoms with Gasteiger partial charge in [0.2, 0.25) is 5.91 Å². The molecule has 2 aromatic heterocycles. The Labute approximate surface area is 197 Å². The molecule has 10 heteroatoms. The average molecular weight is 489 g/mol. The predicted octanol–water partition coefficient (Wildman–Crippen LogP) is 4.92. The zero-order valence-electron chi connectivity index (χ0n) is 18.6. The molecule has 0 unspecified atom stereocenters. The highest BCUT2D eigenvalue weighted by Gasteiger charge is 2.30. The summed E-state index contributed by atoms with van der Waals surface area (Å²) in [7, 11) is 0. The molecule has 178 valence electrons. The van der Waals surface area contributed by atoms with Crippen molar-refractivity contribution in [2.45, 2.75) is 39.7 Å². The summed E-state index contributed by atoms with van der Waals surface area (Å²) in [6, 6.07) is 14.6. The number of fused-ring (bicyclic) bond motifs is 1. The number of hydrogen-bond donors (Lipinski definition) is 1. The molecule has 0 aliphatic carbocycles. The van der Waals surface area contributed by atoms with Crippen LogP contribution in [0.1, 0.15) is 25.0 Å². The second-order valence-corrected chi connectivity index (χ2v) is 9.48. The molecule has 2 aromatic carbocycles. The Bertz CT molecular complexity index is 1350. The van der Waals surface area contributed by atoms with Gasteiger partial charge < -0.3 is 5.32 Å². The highest BCUT2D eigenvalue weighted by molar-refractivity contribution is 7.22. The summed E-state index contributed by atoms with van der Waals surface area (Å²) in [5.41, 5.74) is -0.877. The van der Waals surface area contributed by atoms with E-state index in [0.717, 1.165) is 31.8 Å². The largest absolute Gasteiger partial charge is 0.416 e. The fourth-order valence-electron chi connectivity index (χ4n) is 3.60. The Morgan fingerprint density at radius 2 is 1.88 bits per heavy atom. The monoisotopic (exact) mass is 488 g/mol. The topological polar surface area (TPSA) is 68.9 Å². The zero-order valence-corrected chi connectivity index (χ0v) is 19.4. The predicted molar refractivity (Wildman–Crippen MR) is 125 cm³/mol. The summed E-state index contributed by atoms with van der Waals surface area (Å²) < 4.78 is 42.4. The summed E-state index contributed by atoms with van der Waals surface area (Å²) in [6.45, 7) is 3.99. The summed E-state index contributed by atoms with van der Waals surface area (Å²) >= 11 is 1.52. The van der Waals surface area contributed by atoms with Gasteiger partial charge in [0, 0.05) is 17.8 Å². The highest BCUT2D eigenvalue weighted by atomic mass is 32.1. The first-order chi connectivity index (χ1) is 16.1. The maximum atomic E-state index is 13.0. The second kappa shape index (κ2) is 9.46. The smallest absolute Gasteiger partial charge is 0.350 e. The van der Waals surface area contributed by atoms with Crippen molar-refractivity contribution in [3.05, 3.63) is 76.2 Å². The van der Waals surface area contributed by atoms with Crippen LogP contribution in [0.5, 0.6) is 0 Å². The van der Waals surface area contributed by atoms with Crippen LogP contribution in [0.3, 0.4) is 0 Å². The number of nitrogens with one attached hydrogen (secondary N) is 1. The number of amides is 1. The Kier molecular flexibility index (Phi) is 6.60. The molecule has 0 bridgehead atoms. The van der Waals surface area contributed by atoms with Crippen molar-refractivity contribution >= 4 is 27.3 Å². The number of hydrogen-bond acceptors (Lipinski definition) is 4. The number of thiophene rings is 1. The van der Waals surface area contributed by atoms with E-state index in [4.69, 9.17) is 0 Å². The van der Waals surface area contributed by atoms with Gasteiger partial charge in [-0.3, -0.25) is 9.36 Å². The van der Waals surface area contributed by atoms with Crippen molar-refractivity contribution in [2.24, 2.45) is 5.92 Å². The van der Waals surface area contributed by atoms with Crippen LogP contribution in [0.2, 0.25) is 0 Å². The number of rotatable bonds is 7. The van der Waals surface area contributed by atoms with Crippen LogP contribution in [0, 0.1) is 5.92 Å². The molecule has 0 saturated heterocycles. The first-order valence-electron chi connectivity index (χ1n) is 10.7. The minimum absolute atomic E-state index is 0.0899. The molecule has 4 rings (SSSR count). The lowest BCUT2D eigenvalue weighted by molar-refractivity contribution is -0.137. The number of carbonyl (C=O) groups excluding carboxylic acids is 1. The number of nitrogens with zero attached hydrogens (tertiary/aromatic N) is 3. The van der Waals surface area contributed by atoms with Gasteiger partial charge in [0.25, 0.3) is 0 Å². The molecule has 0 aliphatic heterocycles. The van der Waals surface area contributed by atoms with Crippen LogP contribution < -0.4 is 11.0 Å². The summed E-state index contributed by atoms with van der Waals surface area (Å²) in [5.74, 6) is 0.153. The van der Waals surface area contributed by atoms with Crippen molar-refractivity contribution in [1.29, 1.82) is 0 Å². The third-order valence-electron chi connectivity index (χ3n) is 5.15. The third kappa shape index (κ3) is 5.22. The molecule has 0 radical (unpaired) electrons. The van der Waals surface area contributed by atoms with Crippen molar-refractivity contribution < 1.29 is 18.0 Å².